The highest BCUT2D eigenvalue weighted by Crippen LogP contribution is 2.56. The minimum atomic E-state index is 0.185. The summed E-state index contributed by atoms with van der Waals surface area (Å²) in [6.07, 6.45) is 6.49. The highest BCUT2D eigenvalue weighted by Gasteiger charge is 2.43. The average Bonchev–Trinajstić information content (AvgIpc) is 3.76. The Hall–Kier alpha value is -6.23. The molecule has 0 unspecified atom stereocenters. The number of benzene rings is 7. The zero-order valence-electron chi connectivity index (χ0n) is 30.4. The maximum Gasteiger partial charge on any atom is 0.164 e. The fourth-order valence-corrected chi connectivity index (χ4v) is 10.4. The molecule has 0 radical (unpaired) electrons. The standard InChI is InChI=1S/C51H37N3S/c1-4-12-33(13-5-1)34-18-20-36(21-19-34)49-52-48(35-14-6-2-7-15-35)53-50(54-49)39-23-26-42-41-25-22-38(31-46(41)55-47(42)32-39)37-24-27-45-43(30-37)40-16-8-9-17-44(40)51(45)28-10-3-11-29-51/h1-2,4-9,12-27,30-32H,3,10-11,28-29H2. The molecule has 55 heavy (non-hydrogen) atoms. The van der Waals surface area contributed by atoms with Crippen LogP contribution in [0.15, 0.2) is 164 Å². The smallest absolute Gasteiger partial charge is 0.164 e. The van der Waals surface area contributed by atoms with Crippen LogP contribution in [0.4, 0.5) is 0 Å². The first-order valence-corrected chi connectivity index (χ1v) is 20.2. The largest absolute Gasteiger partial charge is 0.208 e. The van der Waals surface area contributed by atoms with E-state index in [0.29, 0.717) is 17.5 Å². The molecule has 0 atom stereocenters. The Bertz CT molecular complexity index is 2890. The summed E-state index contributed by atoms with van der Waals surface area (Å²) >= 11 is 1.84. The molecule has 3 nitrogen and oxygen atoms in total. The third-order valence-corrected chi connectivity index (χ3v) is 13.1. The van der Waals surface area contributed by atoms with Crippen molar-refractivity contribution in [3.8, 4) is 67.5 Å². The van der Waals surface area contributed by atoms with Crippen LogP contribution in [-0.2, 0) is 5.41 Å². The van der Waals surface area contributed by atoms with Gasteiger partial charge in [-0.15, -0.1) is 11.3 Å². The quantitative estimate of drug-likeness (QED) is 0.177. The lowest BCUT2D eigenvalue weighted by molar-refractivity contribution is 0.353. The molecule has 7 aromatic carbocycles. The summed E-state index contributed by atoms with van der Waals surface area (Å²) in [5, 5.41) is 2.54. The first kappa shape index (κ1) is 32.2. The fraction of sp³-hybridized carbons (Fsp3) is 0.118. The topological polar surface area (TPSA) is 38.7 Å². The van der Waals surface area contributed by atoms with Crippen LogP contribution in [0.5, 0.6) is 0 Å². The van der Waals surface area contributed by atoms with Crippen LogP contribution in [0.2, 0.25) is 0 Å². The van der Waals surface area contributed by atoms with Gasteiger partial charge in [0.05, 0.1) is 0 Å². The first-order valence-electron chi connectivity index (χ1n) is 19.4. The second-order valence-corrected chi connectivity index (χ2v) is 16.2. The van der Waals surface area contributed by atoms with Crippen LogP contribution in [0.3, 0.4) is 0 Å². The predicted molar refractivity (Wildman–Crippen MR) is 229 cm³/mol. The van der Waals surface area contributed by atoms with Crippen molar-refractivity contribution in [1.29, 1.82) is 0 Å². The van der Waals surface area contributed by atoms with Crippen molar-refractivity contribution in [3.05, 3.63) is 175 Å². The van der Waals surface area contributed by atoms with Crippen LogP contribution in [0.1, 0.15) is 43.2 Å². The molecular weight excluding hydrogens is 687 g/mol. The second kappa shape index (κ2) is 13.0. The van der Waals surface area contributed by atoms with E-state index in [1.807, 2.05) is 35.6 Å². The van der Waals surface area contributed by atoms with E-state index in [4.69, 9.17) is 15.0 Å². The van der Waals surface area contributed by atoms with Crippen LogP contribution in [-0.4, -0.2) is 15.0 Å². The van der Waals surface area contributed by atoms with Crippen LogP contribution >= 0.6 is 11.3 Å². The molecule has 2 aromatic heterocycles. The number of fused-ring (bicyclic) bond motifs is 8. The van der Waals surface area contributed by atoms with Crippen molar-refractivity contribution in [2.45, 2.75) is 37.5 Å². The molecule has 1 spiro atoms. The summed E-state index contributed by atoms with van der Waals surface area (Å²) in [6, 6.07) is 59.2. The summed E-state index contributed by atoms with van der Waals surface area (Å²) in [4.78, 5) is 15.1. The molecule has 0 saturated heterocycles. The normalized spacial score (nSPS) is 14.3. The number of hydrogen-bond acceptors (Lipinski definition) is 4. The van der Waals surface area contributed by atoms with Gasteiger partial charge in [-0.1, -0.05) is 165 Å². The Morgan fingerprint density at radius 1 is 0.364 bits per heavy atom. The van der Waals surface area contributed by atoms with Gasteiger partial charge >= 0.3 is 0 Å². The molecule has 4 heteroatoms. The maximum absolute atomic E-state index is 5.07. The lowest BCUT2D eigenvalue weighted by atomic mass is 9.68. The van der Waals surface area contributed by atoms with Crippen molar-refractivity contribution in [2.75, 3.05) is 0 Å². The number of aromatic nitrogens is 3. The van der Waals surface area contributed by atoms with Gasteiger partial charge in [-0.25, -0.2) is 15.0 Å². The highest BCUT2D eigenvalue weighted by molar-refractivity contribution is 7.25. The van der Waals surface area contributed by atoms with Gasteiger partial charge in [0.25, 0.3) is 0 Å². The Balaban J connectivity index is 0.971. The van der Waals surface area contributed by atoms with E-state index in [0.717, 1.165) is 22.3 Å². The van der Waals surface area contributed by atoms with Gasteiger partial charge in [0, 0.05) is 42.3 Å². The van der Waals surface area contributed by atoms with E-state index < -0.39 is 0 Å². The van der Waals surface area contributed by atoms with Crippen LogP contribution < -0.4 is 0 Å². The van der Waals surface area contributed by atoms with Crippen molar-refractivity contribution >= 4 is 31.5 Å². The summed E-state index contributed by atoms with van der Waals surface area (Å²) < 4.78 is 2.51. The first-order chi connectivity index (χ1) is 27.2. The van der Waals surface area contributed by atoms with Gasteiger partial charge in [-0.3, -0.25) is 0 Å². The van der Waals surface area contributed by atoms with Gasteiger partial charge in [-0.2, -0.15) is 0 Å². The van der Waals surface area contributed by atoms with E-state index in [9.17, 15) is 0 Å². The Kier molecular flexibility index (Phi) is 7.60. The van der Waals surface area contributed by atoms with Crippen molar-refractivity contribution in [2.24, 2.45) is 0 Å². The number of thiophene rings is 1. The molecule has 262 valence electrons. The summed E-state index contributed by atoms with van der Waals surface area (Å²) in [5.74, 6) is 2.00. The molecule has 2 aliphatic rings. The summed E-state index contributed by atoms with van der Waals surface area (Å²) in [5.41, 5.74) is 13.9. The SMILES string of the molecule is c1ccc(-c2ccc(-c3nc(-c4ccccc4)nc(-c4ccc5c(c4)sc4cc(-c6ccc7c(c6)-c6ccccc6C76CCCCC6)ccc45)n3)cc2)cc1. The third kappa shape index (κ3) is 5.43. The minimum absolute atomic E-state index is 0.185. The number of hydrogen-bond donors (Lipinski definition) is 0. The molecule has 0 N–H and O–H groups in total. The summed E-state index contributed by atoms with van der Waals surface area (Å²) in [6.45, 7) is 0. The minimum Gasteiger partial charge on any atom is -0.208 e. The van der Waals surface area contributed by atoms with E-state index in [1.54, 1.807) is 5.56 Å². The lowest BCUT2D eigenvalue weighted by Gasteiger charge is -2.36. The van der Waals surface area contributed by atoms with Crippen LogP contribution in [0.25, 0.3) is 87.7 Å². The second-order valence-electron chi connectivity index (χ2n) is 15.1. The average molecular weight is 724 g/mol. The van der Waals surface area contributed by atoms with Gasteiger partial charge in [0.1, 0.15) is 0 Å². The molecule has 11 rings (SSSR count). The number of rotatable bonds is 5. The Labute approximate surface area is 325 Å². The van der Waals surface area contributed by atoms with E-state index in [2.05, 4.69) is 140 Å². The van der Waals surface area contributed by atoms with Gasteiger partial charge in [-0.05, 0) is 75.5 Å². The van der Waals surface area contributed by atoms with E-state index in [-0.39, 0.29) is 5.41 Å². The van der Waals surface area contributed by atoms with Crippen molar-refractivity contribution < 1.29 is 0 Å². The molecule has 9 aromatic rings. The van der Waals surface area contributed by atoms with E-state index in [1.165, 1.54) is 85.7 Å². The zero-order valence-corrected chi connectivity index (χ0v) is 31.2. The molecule has 0 bridgehead atoms. The number of nitrogens with zero attached hydrogens (tertiary/aromatic N) is 3. The highest BCUT2D eigenvalue weighted by atomic mass is 32.1. The van der Waals surface area contributed by atoms with Gasteiger partial charge in [0.15, 0.2) is 17.5 Å². The van der Waals surface area contributed by atoms with Gasteiger partial charge in [0.2, 0.25) is 0 Å². The Morgan fingerprint density at radius 2 is 0.836 bits per heavy atom. The molecular formula is C51H37N3S. The summed E-state index contributed by atoms with van der Waals surface area (Å²) in [7, 11) is 0. The third-order valence-electron chi connectivity index (χ3n) is 12.0. The molecule has 2 heterocycles. The van der Waals surface area contributed by atoms with Crippen LogP contribution in [0, 0.1) is 0 Å². The zero-order chi connectivity index (χ0) is 36.3. The molecule has 1 saturated carbocycles. The fourth-order valence-electron chi connectivity index (χ4n) is 9.23. The van der Waals surface area contributed by atoms with Crippen molar-refractivity contribution in [3.63, 3.8) is 0 Å². The van der Waals surface area contributed by atoms with Gasteiger partial charge < -0.3 is 0 Å². The molecule has 0 amide bonds. The molecule has 1 fully saturated rings. The molecule has 2 aliphatic carbocycles. The maximum atomic E-state index is 5.07. The monoisotopic (exact) mass is 723 g/mol. The predicted octanol–water partition coefficient (Wildman–Crippen LogP) is 13.8. The molecule has 0 aliphatic heterocycles. The van der Waals surface area contributed by atoms with E-state index >= 15 is 0 Å². The van der Waals surface area contributed by atoms with Crippen molar-refractivity contribution in [1.82, 2.24) is 15.0 Å². The Morgan fingerprint density at radius 3 is 1.55 bits per heavy atom. The lowest BCUT2D eigenvalue weighted by Crippen LogP contribution is -2.27.